The third kappa shape index (κ3) is 3.81. The minimum absolute atomic E-state index is 0.0495. The maximum absolute atomic E-state index is 10.5. The molecule has 2 rings (SSSR count). The van der Waals surface area contributed by atoms with Crippen LogP contribution in [0.3, 0.4) is 0 Å². The lowest BCUT2D eigenvalue weighted by Gasteiger charge is -1.99. The highest BCUT2D eigenvalue weighted by Gasteiger charge is 2.02. The first-order chi connectivity index (χ1) is 9.65. The Bertz CT molecular complexity index is 628. The Morgan fingerprint density at radius 3 is 2.70 bits per heavy atom. The fraction of sp³-hybridized carbons (Fsp3) is 0.0714. The first-order valence-electron chi connectivity index (χ1n) is 5.90. The second-order valence-corrected chi connectivity index (χ2v) is 4.08. The monoisotopic (exact) mass is 271 g/mol. The standard InChI is InChI=1S/C14H13N3O3/c1-11(9-14-3-2-8-20-14)10-15-16-12-4-6-13(7-5-12)17(18)19/h2-10,16H,1H3/b11-9+,15-10+. The van der Waals surface area contributed by atoms with Gasteiger partial charge in [-0.25, -0.2) is 0 Å². The molecule has 0 amide bonds. The van der Waals surface area contributed by atoms with Crippen molar-refractivity contribution >= 4 is 23.7 Å². The number of benzene rings is 1. The molecule has 6 nitrogen and oxygen atoms in total. The van der Waals surface area contributed by atoms with Crippen molar-refractivity contribution in [3.63, 3.8) is 0 Å². The van der Waals surface area contributed by atoms with Gasteiger partial charge in [0.2, 0.25) is 0 Å². The molecule has 0 atom stereocenters. The molecule has 102 valence electrons. The van der Waals surface area contributed by atoms with E-state index < -0.39 is 4.92 Å². The van der Waals surface area contributed by atoms with Crippen LogP contribution >= 0.6 is 0 Å². The molecule has 1 N–H and O–H groups in total. The van der Waals surface area contributed by atoms with Gasteiger partial charge in [0.15, 0.2) is 0 Å². The summed E-state index contributed by atoms with van der Waals surface area (Å²) < 4.78 is 5.18. The van der Waals surface area contributed by atoms with Gasteiger partial charge in [-0.15, -0.1) is 0 Å². The maximum atomic E-state index is 10.5. The normalized spacial score (nSPS) is 11.8. The summed E-state index contributed by atoms with van der Waals surface area (Å²) in [7, 11) is 0. The predicted molar refractivity (Wildman–Crippen MR) is 77.6 cm³/mol. The van der Waals surface area contributed by atoms with Crippen LogP contribution in [0.1, 0.15) is 12.7 Å². The molecule has 0 saturated heterocycles. The van der Waals surface area contributed by atoms with E-state index >= 15 is 0 Å². The Morgan fingerprint density at radius 1 is 1.35 bits per heavy atom. The average Bonchev–Trinajstić information content (AvgIpc) is 2.92. The van der Waals surface area contributed by atoms with Gasteiger partial charge in [-0.1, -0.05) is 0 Å². The van der Waals surface area contributed by atoms with Crippen LogP contribution in [0.5, 0.6) is 0 Å². The molecular weight excluding hydrogens is 258 g/mol. The second-order valence-electron chi connectivity index (χ2n) is 4.08. The van der Waals surface area contributed by atoms with Crippen molar-refractivity contribution in [3.05, 3.63) is 64.1 Å². The first kappa shape index (κ1) is 13.5. The van der Waals surface area contributed by atoms with Crippen molar-refractivity contribution < 1.29 is 9.34 Å². The molecule has 0 aliphatic heterocycles. The summed E-state index contributed by atoms with van der Waals surface area (Å²) in [6.07, 6.45) is 5.09. The average molecular weight is 271 g/mol. The summed E-state index contributed by atoms with van der Waals surface area (Å²) >= 11 is 0. The molecule has 20 heavy (non-hydrogen) atoms. The molecule has 0 aliphatic rings. The topological polar surface area (TPSA) is 80.7 Å². The van der Waals surface area contributed by atoms with Crippen molar-refractivity contribution in [3.8, 4) is 0 Å². The molecule has 1 aromatic heterocycles. The van der Waals surface area contributed by atoms with E-state index in [-0.39, 0.29) is 5.69 Å². The molecule has 0 radical (unpaired) electrons. The summed E-state index contributed by atoms with van der Waals surface area (Å²) in [5, 5.41) is 14.5. The molecule has 0 spiro atoms. The summed E-state index contributed by atoms with van der Waals surface area (Å²) in [6, 6.07) is 9.70. The highest BCUT2D eigenvalue weighted by Crippen LogP contribution is 2.15. The van der Waals surface area contributed by atoms with Gasteiger partial charge in [-0.2, -0.15) is 5.10 Å². The number of nitrogens with one attached hydrogen (secondary N) is 1. The van der Waals surface area contributed by atoms with Crippen molar-refractivity contribution in [2.45, 2.75) is 6.92 Å². The van der Waals surface area contributed by atoms with Crippen molar-refractivity contribution in [1.82, 2.24) is 0 Å². The van der Waals surface area contributed by atoms with Crippen molar-refractivity contribution in [2.75, 3.05) is 5.43 Å². The third-order valence-electron chi connectivity index (χ3n) is 2.45. The number of nitrogens with zero attached hydrogens (tertiary/aromatic N) is 2. The largest absolute Gasteiger partial charge is 0.465 e. The molecule has 0 fully saturated rings. The van der Waals surface area contributed by atoms with E-state index in [1.807, 2.05) is 25.1 Å². The van der Waals surface area contributed by atoms with Crippen LogP contribution < -0.4 is 5.43 Å². The number of hydrazone groups is 1. The van der Waals surface area contributed by atoms with E-state index in [4.69, 9.17) is 4.42 Å². The summed E-state index contributed by atoms with van der Waals surface area (Å²) in [6.45, 7) is 1.89. The fourth-order valence-corrected chi connectivity index (χ4v) is 1.50. The molecule has 6 heteroatoms. The SMILES string of the molecule is CC(/C=N/Nc1ccc([N+](=O)[O-])cc1)=C\c1ccco1. The van der Waals surface area contributed by atoms with Crippen LogP contribution in [0, 0.1) is 10.1 Å². The minimum Gasteiger partial charge on any atom is -0.465 e. The van der Waals surface area contributed by atoms with Crippen LogP contribution in [0.25, 0.3) is 6.08 Å². The van der Waals surface area contributed by atoms with Crippen molar-refractivity contribution in [2.24, 2.45) is 5.10 Å². The predicted octanol–water partition coefficient (Wildman–Crippen LogP) is 3.69. The van der Waals surface area contributed by atoms with E-state index in [1.54, 1.807) is 24.6 Å². The first-order valence-corrected chi connectivity index (χ1v) is 5.90. The Hall–Kier alpha value is -2.89. The number of hydrogen-bond acceptors (Lipinski definition) is 5. The van der Waals surface area contributed by atoms with Crippen molar-refractivity contribution in [1.29, 1.82) is 0 Å². The molecule has 0 aliphatic carbocycles. The molecule has 2 aromatic rings. The van der Waals surface area contributed by atoms with Gasteiger partial charge in [-0.3, -0.25) is 15.5 Å². The number of furan rings is 1. The highest BCUT2D eigenvalue weighted by molar-refractivity contribution is 5.84. The molecule has 0 bridgehead atoms. The number of hydrogen-bond donors (Lipinski definition) is 1. The Kier molecular flexibility index (Phi) is 4.28. The van der Waals surface area contributed by atoms with Gasteiger partial charge in [0.1, 0.15) is 5.76 Å². The smallest absolute Gasteiger partial charge is 0.269 e. The summed E-state index contributed by atoms with van der Waals surface area (Å²) in [5.74, 6) is 0.754. The zero-order valence-corrected chi connectivity index (χ0v) is 10.8. The number of allylic oxidation sites excluding steroid dienone is 1. The van der Waals surface area contributed by atoms with E-state index in [1.165, 1.54) is 12.1 Å². The Balaban J connectivity index is 1.94. The van der Waals surface area contributed by atoms with Gasteiger partial charge in [0.05, 0.1) is 23.1 Å². The molecule has 0 saturated carbocycles. The molecule has 1 heterocycles. The molecule has 1 aromatic carbocycles. The van der Waals surface area contributed by atoms with Crippen LogP contribution in [-0.2, 0) is 0 Å². The summed E-state index contributed by atoms with van der Waals surface area (Å²) in [4.78, 5) is 10.1. The quantitative estimate of drug-likeness (QED) is 0.511. The lowest BCUT2D eigenvalue weighted by molar-refractivity contribution is -0.384. The Morgan fingerprint density at radius 2 is 2.10 bits per heavy atom. The zero-order valence-electron chi connectivity index (χ0n) is 10.8. The number of anilines is 1. The van der Waals surface area contributed by atoms with Crippen LogP contribution in [0.15, 0.2) is 57.8 Å². The lowest BCUT2D eigenvalue weighted by atomic mass is 10.3. The molecule has 0 unspecified atom stereocenters. The van der Waals surface area contributed by atoms with E-state index in [0.29, 0.717) is 5.69 Å². The van der Waals surface area contributed by atoms with Gasteiger partial charge >= 0.3 is 0 Å². The number of rotatable bonds is 5. The highest BCUT2D eigenvalue weighted by atomic mass is 16.6. The number of nitro benzene ring substituents is 1. The Labute approximate surface area is 115 Å². The zero-order chi connectivity index (χ0) is 14.4. The van der Waals surface area contributed by atoms with E-state index in [2.05, 4.69) is 10.5 Å². The molecular formula is C14H13N3O3. The summed E-state index contributed by atoms with van der Waals surface area (Å²) in [5.41, 5.74) is 4.44. The third-order valence-corrected chi connectivity index (χ3v) is 2.45. The fourth-order valence-electron chi connectivity index (χ4n) is 1.50. The van der Waals surface area contributed by atoms with Crippen LogP contribution in [0.2, 0.25) is 0 Å². The lowest BCUT2D eigenvalue weighted by Crippen LogP contribution is -1.91. The van der Waals surface area contributed by atoms with Crippen LogP contribution in [-0.4, -0.2) is 11.1 Å². The van der Waals surface area contributed by atoms with E-state index in [0.717, 1.165) is 11.3 Å². The number of nitro groups is 1. The van der Waals surface area contributed by atoms with E-state index in [9.17, 15) is 10.1 Å². The minimum atomic E-state index is -0.441. The van der Waals surface area contributed by atoms with Crippen LogP contribution in [0.4, 0.5) is 11.4 Å². The van der Waals surface area contributed by atoms with Gasteiger partial charge in [0, 0.05) is 12.1 Å². The van der Waals surface area contributed by atoms with Gasteiger partial charge < -0.3 is 4.42 Å². The number of non-ortho nitro benzene ring substituents is 1. The van der Waals surface area contributed by atoms with Gasteiger partial charge in [0.25, 0.3) is 5.69 Å². The van der Waals surface area contributed by atoms with Gasteiger partial charge in [-0.05, 0) is 42.8 Å². The maximum Gasteiger partial charge on any atom is 0.269 e. The second kappa shape index (κ2) is 6.33.